The Morgan fingerprint density at radius 3 is 2.83 bits per heavy atom. The Labute approximate surface area is 109 Å². The lowest BCUT2D eigenvalue weighted by Gasteiger charge is -2.21. The third-order valence-electron chi connectivity index (χ3n) is 3.51. The van der Waals surface area contributed by atoms with E-state index in [2.05, 4.69) is 6.58 Å². The number of ether oxygens (including phenoxy) is 1. The van der Waals surface area contributed by atoms with Gasteiger partial charge in [0.2, 0.25) is 0 Å². The summed E-state index contributed by atoms with van der Waals surface area (Å²) in [5.41, 5.74) is 0.645. The molecule has 0 N–H and O–H groups in total. The highest BCUT2D eigenvalue weighted by Crippen LogP contribution is 2.24. The molecule has 0 spiro atoms. The second-order valence-corrected chi connectivity index (χ2v) is 4.91. The zero-order chi connectivity index (χ0) is 12.8. The normalized spacial score (nSPS) is 16.2. The second-order valence-electron chi connectivity index (χ2n) is 4.91. The molecule has 1 saturated carbocycles. The number of benzene rings is 1. The van der Waals surface area contributed by atoms with Crippen molar-refractivity contribution in [3.8, 4) is 5.75 Å². The third-order valence-corrected chi connectivity index (χ3v) is 3.51. The number of ketones is 1. The predicted molar refractivity (Wildman–Crippen MR) is 73.0 cm³/mol. The van der Waals surface area contributed by atoms with Crippen molar-refractivity contribution in [1.82, 2.24) is 0 Å². The van der Waals surface area contributed by atoms with Crippen LogP contribution in [0.3, 0.4) is 0 Å². The second kappa shape index (κ2) is 6.39. The van der Waals surface area contributed by atoms with Crippen molar-refractivity contribution in [2.24, 2.45) is 5.92 Å². The quantitative estimate of drug-likeness (QED) is 0.577. The summed E-state index contributed by atoms with van der Waals surface area (Å²) < 4.78 is 5.79. The summed E-state index contributed by atoms with van der Waals surface area (Å²) in [7, 11) is 0. The zero-order valence-corrected chi connectivity index (χ0v) is 10.7. The SMILES string of the molecule is C=CC(=O)c1cccc(OCC2CCCCC2)c1. The highest BCUT2D eigenvalue weighted by molar-refractivity contribution is 6.04. The van der Waals surface area contributed by atoms with E-state index in [1.807, 2.05) is 12.1 Å². The number of allylic oxidation sites excluding steroid dienone is 1. The van der Waals surface area contributed by atoms with Gasteiger partial charge in [0, 0.05) is 5.56 Å². The lowest BCUT2D eigenvalue weighted by molar-refractivity contribution is 0.104. The molecule has 96 valence electrons. The number of carbonyl (C=O) groups excluding carboxylic acids is 1. The molecule has 1 aromatic carbocycles. The molecule has 1 aliphatic rings. The molecule has 0 aromatic heterocycles. The van der Waals surface area contributed by atoms with Crippen LogP contribution in [0, 0.1) is 5.92 Å². The Kier molecular flexibility index (Phi) is 4.57. The van der Waals surface area contributed by atoms with Gasteiger partial charge >= 0.3 is 0 Å². The fourth-order valence-electron chi connectivity index (χ4n) is 2.42. The van der Waals surface area contributed by atoms with Crippen LogP contribution < -0.4 is 4.74 Å². The molecule has 2 nitrogen and oxygen atoms in total. The molecule has 2 rings (SSSR count). The van der Waals surface area contributed by atoms with E-state index in [1.165, 1.54) is 38.2 Å². The fourth-order valence-corrected chi connectivity index (χ4v) is 2.42. The van der Waals surface area contributed by atoms with E-state index < -0.39 is 0 Å². The van der Waals surface area contributed by atoms with Gasteiger partial charge in [-0.1, -0.05) is 38.0 Å². The van der Waals surface area contributed by atoms with E-state index >= 15 is 0 Å². The van der Waals surface area contributed by atoms with Crippen molar-refractivity contribution in [3.05, 3.63) is 42.5 Å². The zero-order valence-electron chi connectivity index (χ0n) is 10.7. The molecular formula is C16H20O2. The summed E-state index contributed by atoms with van der Waals surface area (Å²) in [6.07, 6.45) is 7.88. The first-order chi connectivity index (χ1) is 8.79. The van der Waals surface area contributed by atoms with Crippen LogP contribution in [0.1, 0.15) is 42.5 Å². The standard InChI is InChI=1S/C16H20O2/c1-2-16(17)14-9-6-10-15(11-14)18-12-13-7-4-3-5-8-13/h2,6,9-11,13H,1,3-5,7-8,12H2. The molecule has 0 saturated heterocycles. The van der Waals surface area contributed by atoms with E-state index in [0.29, 0.717) is 11.5 Å². The molecule has 1 aliphatic carbocycles. The van der Waals surface area contributed by atoms with Crippen molar-refractivity contribution >= 4 is 5.78 Å². The van der Waals surface area contributed by atoms with E-state index in [0.717, 1.165) is 12.4 Å². The van der Waals surface area contributed by atoms with Gasteiger partial charge in [-0.2, -0.15) is 0 Å². The van der Waals surface area contributed by atoms with Gasteiger partial charge in [-0.3, -0.25) is 4.79 Å². The molecular weight excluding hydrogens is 224 g/mol. The summed E-state index contributed by atoms with van der Waals surface area (Å²) in [6, 6.07) is 7.35. The van der Waals surface area contributed by atoms with Gasteiger partial charge in [0.1, 0.15) is 5.75 Å². The van der Waals surface area contributed by atoms with E-state index in [4.69, 9.17) is 4.74 Å². The van der Waals surface area contributed by atoms with Gasteiger partial charge in [0.25, 0.3) is 0 Å². The smallest absolute Gasteiger partial charge is 0.185 e. The minimum Gasteiger partial charge on any atom is -0.493 e. The maximum atomic E-state index is 11.5. The van der Waals surface area contributed by atoms with Crippen LogP contribution in [0.2, 0.25) is 0 Å². The molecule has 0 amide bonds. The fraction of sp³-hybridized carbons (Fsp3) is 0.438. The summed E-state index contributed by atoms with van der Waals surface area (Å²) in [6.45, 7) is 4.27. The van der Waals surface area contributed by atoms with Gasteiger partial charge in [-0.15, -0.1) is 0 Å². The van der Waals surface area contributed by atoms with E-state index in [9.17, 15) is 4.79 Å². The number of carbonyl (C=O) groups is 1. The van der Waals surface area contributed by atoms with Gasteiger partial charge in [-0.05, 0) is 37.0 Å². The molecule has 0 bridgehead atoms. The van der Waals surface area contributed by atoms with Crippen LogP contribution in [0.15, 0.2) is 36.9 Å². The van der Waals surface area contributed by atoms with Crippen LogP contribution in [-0.2, 0) is 0 Å². The summed E-state index contributed by atoms with van der Waals surface area (Å²) in [5.74, 6) is 1.41. The Bertz CT molecular complexity index is 417. The third kappa shape index (κ3) is 3.46. The Morgan fingerprint density at radius 2 is 2.11 bits per heavy atom. The van der Waals surface area contributed by atoms with Crippen molar-refractivity contribution in [2.75, 3.05) is 6.61 Å². The predicted octanol–water partition coefficient (Wildman–Crippen LogP) is 4.01. The van der Waals surface area contributed by atoms with Crippen LogP contribution in [-0.4, -0.2) is 12.4 Å². The molecule has 0 unspecified atom stereocenters. The first-order valence-corrected chi connectivity index (χ1v) is 6.69. The van der Waals surface area contributed by atoms with Crippen molar-refractivity contribution in [2.45, 2.75) is 32.1 Å². The minimum absolute atomic E-state index is 0.0573. The molecule has 18 heavy (non-hydrogen) atoms. The molecule has 0 aliphatic heterocycles. The number of rotatable bonds is 5. The van der Waals surface area contributed by atoms with Crippen molar-refractivity contribution in [1.29, 1.82) is 0 Å². The topological polar surface area (TPSA) is 26.3 Å². The first-order valence-electron chi connectivity index (χ1n) is 6.69. The van der Waals surface area contributed by atoms with Gasteiger partial charge in [0.05, 0.1) is 6.61 Å². The van der Waals surface area contributed by atoms with Crippen molar-refractivity contribution < 1.29 is 9.53 Å². The van der Waals surface area contributed by atoms with Gasteiger partial charge < -0.3 is 4.74 Å². The van der Waals surface area contributed by atoms with Gasteiger partial charge in [0.15, 0.2) is 5.78 Å². The Morgan fingerprint density at radius 1 is 1.33 bits per heavy atom. The summed E-state index contributed by atoms with van der Waals surface area (Å²) in [4.78, 5) is 11.5. The number of hydrogen-bond donors (Lipinski definition) is 0. The Hall–Kier alpha value is -1.57. The monoisotopic (exact) mass is 244 g/mol. The van der Waals surface area contributed by atoms with Gasteiger partial charge in [-0.25, -0.2) is 0 Å². The van der Waals surface area contributed by atoms with Crippen LogP contribution in [0.25, 0.3) is 0 Å². The molecule has 2 heteroatoms. The molecule has 0 radical (unpaired) electrons. The largest absolute Gasteiger partial charge is 0.493 e. The lowest BCUT2D eigenvalue weighted by atomic mass is 9.90. The first kappa shape index (κ1) is 12.9. The Balaban J connectivity index is 1.92. The van der Waals surface area contributed by atoms with E-state index in [-0.39, 0.29) is 5.78 Å². The molecule has 1 fully saturated rings. The number of hydrogen-bond acceptors (Lipinski definition) is 2. The highest BCUT2D eigenvalue weighted by atomic mass is 16.5. The van der Waals surface area contributed by atoms with Crippen LogP contribution in [0.4, 0.5) is 0 Å². The maximum Gasteiger partial charge on any atom is 0.185 e. The average Bonchev–Trinajstić information content (AvgIpc) is 2.45. The summed E-state index contributed by atoms with van der Waals surface area (Å²) in [5, 5.41) is 0. The summed E-state index contributed by atoms with van der Waals surface area (Å²) >= 11 is 0. The lowest BCUT2D eigenvalue weighted by Crippen LogP contribution is -2.15. The van der Waals surface area contributed by atoms with Crippen LogP contribution in [0.5, 0.6) is 5.75 Å². The van der Waals surface area contributed by atoms with Crippen molar-refractivity contribution in [3.63, 3.8) is 0 Å². The average molecular weight is 244 g/mol. The molecule has 1 aromatic rings. The highest BCUT2D eigenvalue weighted by Gasteiger charge is 2.14. The molecule has 0 atom stereocenters. The minimum atomic E-state index is -0.0573. The van der Waals surface area contributed by atoms with E-state index in [1.54, 1.807) is 12.1 Å². The molecule has 0 heterocycles. The van der Waals surface area contributed by atoms with Crippen LogP contribution >= 0.6 is 0 Å². The maximum absolute atomic E-state index is 11.5.